The monoisotopic (exact) mass is 262 g/mol. The molecule has 76 valence electrons. The van der Waals surface area contributed by atoms with Crippen LogP contribution in [0.2, 0.25) is 0 Å². The third-order valence-electron chi connectivity index (χ3n) is 2.19. The predicted octanol–water partition coefficient (Wildman–Crippen LogP) is 3.90. The van der Waals surface area contributed by atoms with E-state index in [9.17, 15) is 0 Å². The van der Waals surface area contributed by atoms with Crippen molar-refractivity contribution in [2.75, 3.05) is 5.32 Å². The number of aryl methyl sites for hydroxylation is 1. The summed E-state index contributed by atoms with van der Waals surface area (Å²) >= 11 is 3.45. The third kappa shape index (κ3) is 2.36. The molecule has 2 rings (SSSR count). The van der Waals surface area contributed by atoms with Gasteiger partial charge in [0.2, 0.25) is 0 Å². The largest absolute Gasteiger partial charge is 0.354 e. The second-order valence-corrected chi connectivity index (χ2v) is 4.15. The van der Waals surface area contributed by atoms with E-state index < -0.39 is 0 Å². The van der Waals surface area contributed by atoms with E-state index in [-0.39, 0.29) is 0 Å². The quantitative estimate of drug-likeness (QED) is 0.888. The first kappa shape index (κ1) is 10.2. The molecule has 0 fully saturated rings. The highest BCUT2D eigenvalue weighted by Crippen LogP contribution is 2.25. The summed E-state index contributed by atoms with van der Waals surface area (Å²) in [6, 6.07) is 10.1. The lowest BCUT2D eigenvalue weighted by Gasteiger charge is -2.10. The maximum Gasteiger partial charge on any atom is 0.0593 e. The van der Waals surface area contributed by atoms with Gasteiger partial charge in [0.25, 0.3) is 0 Å². The molecule has 2 nitrogen and oxygen atoms in total. The minimum Gasteiger partial charge on any atom is -0.354 e. The van der Waals surface area contributed by atoms with Gasteiger partial charge >= 0.3 is 0 Å². The summed E-state index contributed by atoms with van der Waals surface area (Å²) < 4.78 is 0.966. The number of aromatic nitrogens is 1. The summed E-state index contributed by atoms with van der Waals surface area (Å²) in [6.45, 7) is 2.08. The molecule has 0 spiro atoms. The fraction of sp³-hybridized carbons (Fsp3) is 0.0833. The van der Waals surface area contributed by atoms with E-state index in [1.807, 2.05) is 18.2 Å². The summed E-state index contributed by atoms with van der Waals surface area (Å²) in [5.41, 5.74) is 3.37. The number of para-hydroxylation sites is 1. The SMILES string of the molecule is Cc1ccccc1Nc1ccncc1Br. The van der Waals surface area contributed by atoms with Crippen LogP contribution in [0.25, 0.3) is 0 Å². The van der Waals surface area contributed by atoms with Gasteiger partial charge in [0, 0.05) is 18.1 Å². The standard InChI is InChI=1S/C12H11BrN2/c1-9-4-2-3-5-11(9)15-12-6-7-14-8-10(12)13/h2-8H,1H3,(H,14,15). The van der Waals surface area contributed by atoms with E-state index in [0.29, 0.717) is 0 Å². The average molecular weight is 263 g/mol. The summed E-state index contributed by atoms with van der Waals surface area (Å²) in [5, 5.41) is 3.35. The Bertz CT molecular complexity index is 425. The van der Waals surface area contributed by atoms with Crippen LogP contribution in [0.5, 0.6) is 0 Å². The molecule has 0 unspecified atom stereocenters. The zero-order valence-electron chi connectivity index (χ0n) is 8.37. The van der Waals surface area contributed by atoms with Crippen LogP contribution in [-0.2, 0) is 0 Å². The van der Waals surface area contributed by atoms with Crippen LogP contribution in [0.4, 0.5) is 11.4 Å². The van der Waals surface area contributed by atoms with Gasteiger partial charge in [-0.1, -0.05) is 18.2 Å². The van der Waals surface area contributed by atoms with Gasteiger partial charge < -0.3 is 5.32 Å². The molecular weight excluding hydrogens is 252 g/mol. The van der Waals surface area contributed by atoms with Crippen molar-refractivity contribution in [1.82, 2.24) is 4.98 Å². The van der Waals surface area contributed by atoms with E-state index in [0.717, 1.165) is 15.8 Å². The Hall–Kier alpha value is -1.35. The first-order chi connectivity index (χ1) is 7.27. The molecular formula is C12H11BrN2. The average Bonchev–Trinajstić information content (AvgIpc) is 2.24. The molecule has 0 radical (unpaired) electrons. The molecule has 0 saturated heterocycles. The highest BCUT2D eigenvalue weighted by atomic mass is 79.9. The molecule has 0 bridgehead atoms. The number of nitrogens with zero attached hydrogens (tertiary/aromatic N) is 1. The molecule has 0 atom stereocenters. The lowest BCUT2D eigenvalue weighted by atomic mass is 10.2. The van der Waals surface area contributed by atoms with Gasteiger partial charge in [0.05, 0.1) is 10.2 Å². The number of benzene rings is 1. The zero-order valence-corrected chi connectivity index (χ0v) is 9.95. The smallest absolute Gasteiger partial charge is 0.0593 e. The van der Waals surface area contributed by atoms with Crippen molar-refractivity contribution in [3.8, 4) is 0 Å². The van der Waals surface area contributed by atoms with Crippen LogP contribution < -0.4 is 5.32 Å². The van der Waals surface area contributed by atoms with E-state index >= 15 is 0 Å². The summed E-state index contributed by atoms with van der Waals surface area (Å²) in [7, 11) is 0. The van der Waals surface area contributed by atoms with Crippen molar-refractivity contribution in [2.45, 2.75) is 6.92 Å². The molecule has 1 aromatic heterocycles. The maximum atomic E-state index is 4.02. The van der Waals surface area contributed by atoms with E-state index in [1.165, 1.54) is 5.56 Å². The number of hydrogen-bond acceptors (Lipinski definition) is 2. The van der Waals surface area contributed by atoms with Crippen molar-refractivity contribution in [2.24, 2.45) is 0 Å². The van der Waals surface area contributed by atoms with Crippen molar-refractivity contribution < 1.29 is 0 Å². The Balaban J connectivity index is 2.30. The Morgan fingerprint density at radius 3 is 2.67 bits per heavy atom. The molecule has 15 heavy (non-hydrogen) atoms. The number of pyridine rings is 1. The highest BCUT2D eigenvalue weighted by Gasteiger charge is 2.00. The topological polar surface area (TPSA) is 24.9 Å². The fourth-order valence-corrected chi connectivity index (χ4v) is 1.68. The number of anilines is 2. The van der Waals surface area contributed by atoms with Crippen LogP contribution in [0.3, 0.4) is 0 Å². The van der Waals surface area contributed by atoms with Gasteiger partial charge in [0.15, 0.2) is 0 Å². The number of nitrogens with one attached hydrogen (secondary N) is 1. The van der Waals surface area contributed by atoms with E-state index in [1.54, 1.807) is 12.4 Å². The molecule has 0 aliphatic heterocycles. The van der Waals surface area contributed by atoms with Gasteiger partial charge in [-0.2, -0.15) is 0 Å². The first-order valence-electron chi connectivity index (χ1n) is 4.69. The van der Waals surface area contributed by atoms with Gasteiger partial charge in [-0.3, -0.25) is 4.98 Å². The molecule has 0 saturated carbocycles. The Morgan fingerprint density at radius 2 is 1.93 bits per heavy atom. The van der Waals surface area contributed by atoms with Crippen LogP contribution in [-0.4, -0.2) is 4.98 Å². The Labute approximate surface area is 97.5 Å². The van der Waals surface area contributed by atoms with Crippen LogP contribution in [0.1, 0.15) is 5.56 Å². The Morgan fingerprint density at radius 1 is 1.13 bits per heavy atom. The lowest BCUT2D eigenvalue weighted by molar-refractivity contribution is 1.30. The number of rotatable bonds is 2. The first-order valence-corrected chi connectivity index (χ1v) is 5.49. The summed E-state index contributed by atoms with van der Waals surface area (Å²) in [5.74, 6) is 0. The van der Waals surface area contributed by atoms with Gasteiger partial charge in [0.1, 0.15) is 0 Å². The number of halogens is 1. The van der Waals surface area contributed by atoms with Crippen molar-refractivity contribution in [3.63, 3.8) is 0 Å². The van der Waals surface area contributed by atoms with Gasteiger partial charge in [-0.25, -0.2) is 0 Å². The molecule has 2 aromatic rings. The lowest BCUT2D eigenvalue weighted by Crippen LogP contribution is -1.93. The highest BCUT2D eigenvalue weighted by molar-refractivity contribution is 9.10. The van der Waals surface area contributed by atoms with Crippen molar-refractivity contribution >= 4 is 27.3 Å². The molecule has 1 aromatic carbocycles. The summed E-state index contributed by atoms with van der Waals surface area (Å²) in [6.07, 6.45) is 3.55. The van der Waals surface area contributed by atoms with Gasteiger partial charge in [-0.15, -0.1) is 0 Å². The van der Waals surface area contributed by atoms with Crippen LogP contribution >= 0.6 is 15.9 Å². The molecule has 3 heteroatoms. The van der Waals surface area contributed by atoms with Crippen LogP contribution in [0.15, 0.2) is 47.2 Å². The molecule has 1 N–H and O–H groups in total. The predicted molar refractivity (Wildman–Crippen MR) is 66.4 cm³/mol. The second kappa shape index (κ2) is 4.45. The molecule has 0 aliphatic carbocycles. The van der Waals surface area contributed by atoms with E-state index in [2.05, 4.69) is 45.3 Å². The third-order valence-corrected chi connectivity index (χ3v) is 2.82. The molecule has 0 amide bonds. The Kier molecular flexibility index (Phi) is 3.02. The fourth-order valence-electron chi connectivity index (χ4n) is 1.33. The minimum atomic E-state index is 0.966. The zero-order chi connectivity index (χ0) is 10.7. The molecule has 0 aliphatic rings. The van der Waals surface area contributed by atoms with Crippen molar-refractivity contribution in [3.05, 3.63) is 52.8 Å². The number of hydrogen-bond donors (Lipinski definition) is 1. The molecule has 1 heterocycles. The van der Waals surface area contributed by atoms with Crippen molar-refractivity contribution in [1.29, 1.82) is 0 Å². The van der Waals surface area contributed by atoms with E-state index in [4.69, 9.17) is 0 Å². The summed E-state index contributed by atoms with van der Waals surface area (Å²) in [4.78, 5) is 4.02. The van der Waals surface area contributed by atoms with Gasteiger partial charge in [-0.05, 0) is 40.5 Å². The van der Waals surface area contributed by atoms with Crippen LogP contribution in [0, 0.1) is 6.92 Å². The normalized spacial score (nSPS) is 10.0. The maximum absolute atomic E-state index is 4.02. The second-order valence-electron chi connectivity index (χ2n) is 3.30. The minimum absolute atomic E-state index is 0.966.